The maximum Gasteiger partial charge on any atom is 0.387 e. The van der Waals surface area contributed by atoms with Crippen molar-refractivity contribution in [3.8, 4) is 5.75 Å². The van der Waals surface area contributed by atoms with Crippen molar-refractivity contribution in [1.29, 1.82) is 0 Å². The van der Waals surface area contributed by atoms with Crippen LogP contribution in [0.25, 0.3) is 6.08 Å². The molecule has 6 heteroatoms. The van der Waals surface area contributed by atoms with Gasteiger partial charge < -0.3 is 4.74 Å². The largest absolute Gasteiger partial charge is 0.434 e. The van der Waals surface area contributed by atoms with Gasteiger partial charge in [-0.05, 0) is 32.1 Å². The van der Waals surface area contributed by atoms with E-state index in [1.165, 1.54) is 18.2 Å². The number of rotatable bonds is 5. The van der Waals surface area contributed by atoms with Crippen molar-refractivity contribution >= 4 is 11.9 Å². The molecule has 0 radical (unpaired) electrons. The average Bonchev–Trinajstić information content (AvgIpc) is 2.70. The standard InChI is InChI=1S/C16H16F2N2O2/c1-10-15(11(2)20(3)19-10)13(21)9-8-12-6-4-5-7-14(12)22-16(17)18/h4-9,16H,1-3H3/b9-8-. The number of benzene rings is 1. The van der Waals surface area contributed by atoms with Crippen LogP contribution in [0.5, 0.6) is 5.75 Å². The second-order valence-electron chi connectivity index (χ2n) is 4.78. The predicted molar refractivity (Wildman–Crippen MR) is 79.1 cm³/mol. The third-order valence-corrected chi connectivity index (χ3v) is 3.30. The Balaban J connectivity index is 2.27. The van der Waals surface area contributed by atoms with Crippen molar-refractivity contribution in [3.63, 3.8) is 0 Å². The molecule has 0 spiro atoms. The normalized spacial score (nSPS) is 11.4. The van der Waals surface area contributed by atoms with Crippen LogP contribution in [0.15, 0.2) is 30.3 Å². The lowest BCUT2D eigenvalue weighted by Gasteiger charge is -2.07. The molecule has 0 N–H and O–H groups in total. The number of ether oxygens (including phenoxy) is 1. The number of hydrogen-bond acceptors (Lipinski definition) is 3. The number of para-hydroxylation sites is 1. The molecule has 0 bridgehead atoms. The highest BCUT2D eigenvalue weighted by atomic mass is 19.3. The Bertz CT molecular complexity index is 721. The fourth-order valence-corrected chi connectivity index (χ4v) is 2.20. The van der Waals surface area contributed by atoms with Gasteiger partial charge in [0.25, 0.3) is 0 Å². The first-order valence-electron chi connectivity index (χ1n) is 6.66. The molecule has 116 valence electrons. The van der Waals surface area contributed by atoms with E-state index in [4.69, 9.17) is 0 Å². The van der Waals surface area contributed by atoms with Gasteiger partial charge in [0.05, 0.1) is 11.3 Å². The van der Waals surface area contributed by atoms with E-state index < -0.39 is 6.61 Å². The zero-order chi connectivity index (χ0) is 16.3. The molecule has 0 fully saturated rings. The quantitative estimate of drug-likeness (QED) is 0.627. The molecular formula is C16H16F2N2O2. The molecule has 0 amide bonds. The molecular weight excluding hydrogens is 290 g/mol. The number of alkyl halides is 2. The SMILES string of the molecule is Cc1nn(C)c(C)c1C(=O)/C=C\c1ccccc1OC(F)F. The number of aryl methyl sites for hydroxylation is 2. The van der Waals surface area contributed by atoms with Crippen LogP contribution in [0, 0.1) is 13.8 Å². The predicted octanol–water partition coefficient (Wildman–Crippen LogP) is 3.53. The van der Waals surface area contributed by atoms with Crippen molar-refractivity contribution < 1.29 is 18.3 Å². The highest BCUT2D eigenvalue weighted by molar-refractivity contribution is 6.08. The van der Waals surface area contributed by atoms with Crippen LogP contribution in [0.4, 0.5) is 8.78 Å². The summed E-state index contributed by atoms with van der Waals surface area (Å²) < 4.78 is 30.7. The zero-order valence-corrected chi connectivity index (χ0v) is 12.5. The van der Waals surface area contributed by atoms with Crippen LogP contribution in [-0.2, 0) is 7.05 Å². The fraction of sp³-hybridized carbons (Fsp3) is 0.250. The van der Waals surface area contributed by atoms with Crippen molar-refractivity contribution in [1.82, 2.24) is 9.78 Å². The maximum absolute atomic E-state index is 12.3. The number of allylic oxidation sites excluding steroid dienone is 1. The second-order valence-corrected chi connectivity index (χ2v) is 4.78. The molecule has 0 unspecified atom stereocenters. The summed E-state index contributed by atoms with van der Waals surface area (Å²) >= 11 is 0. The Labute approximate surface area is 127 Å². The third kappa shape index (κ3) is 3.39. The molecule has 2 rings (SSSR count). The summed E-state index contributed by atoms with van der Waals surface area (Å²) in [4.78, 5) is 12.3. The van der Waals surface area contributed by atoms with Gasteiger partial charge in [-0.2, -0.15) is 13.9 Å². The van der Waals surface area contributed by atoms with E-state index in [-0.39, 0.29) is 11.5 Å². The topological polar surface area (TPSA) is 44.1 Å². The smallest absolute Gasteiger partial charge is 0.387 e. The van der Waals surface area contributed by atoms with E-state index in [1.807, 2.05) is 0 Å². The summed E-state index contributed by atoms with van der Waals surface area (Å²) in [6.07, 6.45) is 2.80. The van der Waals surface area contributed by atoms with E-state index >= 15 is 0 Å². The van der Waals surface area contributed by atoms with Crippen molar-refractivity contribution in [2.24, 2.45) is 7.05 Å². The van der Waals surface area contributed by atoms with Gasteiger partial charge in [-0.1, -0.05) is 18.2 Å². The van der Waals surface area contributed by atoms with E-state index in [2.05, 4.69) is 9.84 Å². The Morgan fingerprint density at radius 3 is 2.59 bits per heavy atom. The first kappa shape index (κ1) is 15.9. The van der Waals surface area contributed by atoms with Gasteiger partial charge in [0.15, 0.2) is 5.78 Å². The number of ketones is 1. The Morgan fingerprint density at radius 2 is 2.00 bits per heavy atom. The van der Waals surface area contributed by atoms with Crippen molar-refractivity contribution in [3.05, 3.63) is 52.9 Å². The summed E-state index contributed by atoms with van der Waals surface area (Å²) in [5, 5.41) is 4.18. The van der Waals surface area contributed by atoms with Crippen molar-refractivity contribution in [2.75, 3.05) is 0 Å². The Kier molecular flexibility index (Phi) is 4.70. The molecule has 0 saturated carbocycles. The minimum Gasteiger partial charge on any atom is -0.434 e. The van der Waals surface area contributed by atoms with E-state index in [1.54, 1.807) is 43.8 Å². The van der Waals surface area contributed by atoms with Crippen LogP contribution in [0.3, 0.4) is 0 Å². The summed E-state index contributed by atoms with van der Waals surface area (Å²) in [7, 11) is 1.76. The molecule has 0 saturated heterocycles. The van der Waals surface area contributed by atoms with Crippen LogP contribution in [0.1, 0.15) is 27.3 Å². The molecule has 0 aliphatic heterocycles. The number of carbonyl (C=O) groups is 1. The fourth-order valence-electron chi connectivity index (χ4n) is 2.20. The van der Waals surface area contributed by atoms with Crippen LogP contribution in [-0.4, -0.2) is 22.2 Å². The lowest BCUT2D eigenvalue weighted by Crippen LogP contribution is -2.03. The maximum atomic E-state index is 12.3. The minimum absolute atomic E-state index is 0.0289. The molecule has 1 aromatic heterocycles. The van der Waals surface area contributed by atoms with Crippen LogP contribution in [0.2, 0.25) is 0 Å². The van der Waals surface area contributed by atoms with E-state index in [0.717, 1.165) is 5.69 Å². The number of halogens is 2. The van der Waals surface area contributed by atoms with E-state index in [0.29, 0.717) is 16.8 Å². The third-order valence-electron chi connectivity index (χ3n) is 3.30. The number of hydrogen-bond donors (Lipinski definition) is 0. The molecule has 0 atom stereocenters. The molecule has 1 heterocycles. The summed E-state index contributed by atoms with van der Waals surface area (Å²) in [5.74, 6) is -0.198. The highest BCUT2D eigenvalue weighted by Crippen LogP contribution is 2.22. The van der Waals surface area contributed by atoms with Gasteiger partial charge in [-0.3, -0.25) is 9.48 Å². The zero-order valence-electron chi connectivity index (χ0n) is 12.5. The van der Waals surface area contributed by atoms with Crippen LogP contribution >= 0.6 is 0 Å². The summed E-state index contributed by atoms with van der Waals surface area (Å²) in [6.45, 7) is 0.643. The molecule has 22 heavy (non-hydrogen) atoms. The lowest BCUT2D eigenvalue weighted by molar-refractivity contribution is -0.0499. The van der Waals surface area contributed by atoms with Gasteiger partial charge in [0, 0.05) is 18.3 Å². The molecule has 0 aliphatic rings. The first-order valence-corrected chi connectivity index (χ1v) is 6.66. The minimum atomic E-state index is -2.91. The molecule has 4 nitrogen and oxygen atoms in total. The molecule has 1 aromatic carbocycles. The summed E-state index contributed by atoms with van der Waals surface area (Å²) in [6, 6.07) is 6.30. The summed E-state index contributed by atoms with van der Waals surface area (Å²) in [5.41, 5.74) is 2.32. The first-order chi connectivity index (χ1) is 10.4. The number of nitrogens with zero attached hydrogens (tertiary/aromatic N) is 2. The van der Waals surface area contributed by atoms with E-state index in [9.17, 15) is 13.6 Å². The Hall–Kier alpha value is -2.50. The average molecular weight is 306 g/mol. The number of aromatic nitrogens is 2. The van der Waals surface area contributed by atoms with Gasteiger partial charge in [0.2, 0.25) is 0 Å². The van der Waals surface area contributed by atoms with Gasteiger partial charge in [-0.25, -0.2) is 0 Å². The van der Waals surface area contributed by atoms with Crippen molar-refractivity contribution in [2.45, 2.75) is 20.5 Å². The second kappa shape index (κ2) is 6.51. The highest BCUT2D eigenvalue weighted by Gasteiger charge is 2.15. The molecule has 0 aliphatic carbocycles. The monoisotopic (exact) mass is 306 g/mol. The lowest BCUT2D eigenvalue weighted by atomic mass is 10.1. The molecule has 2 aromatic rings. The van der Waals surface area contributed by atoms with Crippen LogP contribution < -0.4 is 4.74 Å². The van der Waals surface area contributed by atoms with Gasteiger partial charge >= 0.3 is 6.61 Å². The van der Waals surface area contributed by atoms with Gasteiger partial charge in [-0.15, -0.1) is 0 Å². The van der Waals surface area contributed by atoms with Gasteiger partial charge in [0.1, 0.15) is 5.75 Å². The number of carbonyl (C=O) groups excluding carboxylic acids is 1. The Morgan fingerprint density at radius 1 is 1.32 bits per heavy atom.